The fourth-order valence-electron chi connectivity index (χ4n) is 2.53. The fraction of sp³-hybridized carbons (Fsp3) is 0.667. The topological polar surface area (TPSA) is 46.0 Å². The molecule has 15 heavy (non-hydrogen) atoms. The van der Waals surface area contributed by atoms with Gasteiger partial charge in [0.05, 0.1) is 5.60 Å². The van der Waals surface area contributed by atoms with Gasteiger partial charge in [0, 0.05) is 18.0 Å². The summed E-state index contributed by atoms with van der Waals surface area (Å²) in [5.74, 6) is 0.867. The van der Waals surface area contributed by atoms with Crippen molar-refractivity contribution >= 4 is 0 Å². The van der Waals surface area contributed by atoms with Gasteiger partial charge >= 0.3 is 0 Å². The van der Waals surface area contributed by atoms with Crippen LogP contribution in [0.25, 0.3) is 0 Å². The third-order valence-electron chi connectivity index (χ3n) is 3.63. The molecule has 1 N–H and O–H groups in total. The summed E-state index contributed by atoms with van der Waals surface area (Å²) in [7, 11) is 0. The first-order chi connectivity index (χ1) is 7.13. The van der Waals surface area contributed by atoms with Gasteiger partial charge in [-0.05, 0) is 24.7 Å². The van der Waals surface area contributed by atoms with Crippen LogP contribution in [0.2, 0.25) is 0 Å². The van der Waals surface area contributed by atoms with Crippen LogP contribution in [0.15, 0.2) is 18.7 Å². The predicted molar refractivity (Wildman–Crippen MR) is 58.1 cm³/mol. The van der Waals surface area contributed by atoms with Gasteiger partial charge in [0.2, 0.25) is 0 Å². The Hall–Kier alpha value is -0.960. The molecule has 0 aliphatic heterocycles. The minimum atomic E-state index is -0.723. The highest BCUT2D eigenvalue weighted by molar-refractivity contribution is 5.16. The molecule has 1 saturated carbocycles. The van der Waals surface area contributed by atoms with Crippen LogP contribution < -0.4 is 0 Å². The van der Waals surface area contributed by atoms with Crippen molar-refractivity contribution in [1.29, 1.82) is 0 Å². The van der Waals surface area contributed by atoms with Crippen molar-refractivity contribution in [3.8, 4) is 0 Å². The molecule has 1 aliphatic carbocycles. The van der Waals surface area contributed by atoms with Crippen LogP contribution >= 0.6 is 0 Å². The van der Waals surface area contributed by atoms with Gasteiger partial charge in [0.1, 0.15) is 6.33 Å². The van der Waals surface area contributed by atoms with E-state index in [1.165, 1.54) is 12.7 Å². The van der Waals surface area contributed by atoms with Gasteiger partial charge in [-0.15, -0.1) is 0 Å². The van der Waals surface area contributed by atoms with Gasteiger partial charge in [-0.25, -0.2) is 9.97 Å². The van der Waals surface area contributed by atoms with Crippen molar-refractivity contribution in [3.05, 3.63) is 24.3 Å². The third-order valence-corrected chi connectivity index (χ3v) is 3.63. The van der Waals surface area contributed by atoms with E-state index in [2.05, 4.69) is 23.8 Å². The van der Waals surface area contributed by atoms with Crippen LogP contribution in [0.4, 0.5) is 0 Å². The second-order valence-electron chi connectivity index (χ2n) is 4.84. The highest BCUT2D eigenvalue weighted by atomic mass is 16.3. The fourth-order valence-corrected chi connectivity index (χ4v) is 2.53. The molecule has 3 atom stereocenters. The molecule has 0 amide bonds. The zero-order valence-electron chi connectivity index (χ0n) is 9.35. The lowest BCUT2D eigenvalue weighted by Gasteiger charge is -2.40. The summed E-state index contributed by atoms with van der Waals surface area (Å²) in [4.78, 5) is 7.99. The van der Waals surface area contributed by atoms with Gasteiger partial charge in [-0.1, -0.05) is 20.3 Å². The van der Waals surface area contributed by atoms with Crippen molar-refractivity contribution in [2.75, 3.05) is 0 Å². The maximum Gasteiger partial charge on any atom is 0.115 e. The first-order valence-corrected chi connectivity index (χ1v) is 5.61. The van der Waals surface area contributed by atoms with Crippen LogP contribution in [0.5, 0.6) is 0 Å². The molecule has 3 nitrogen and oxygen atoms in total. The van der Waals surface area contributed by atoms with Crippen LogP contribution in [0.3, 0.4) is 0 Å². The Balaban J connectivity index is 2.31. The second-order valence-corrected chi connectivity index (χ2v) is 4.84. The van der Waals surface area contributed by atoms with Crippen LogP contribution in [-0.4, -0.2) is 15.1 Å². The minimum Gasteiger partial charge on any atom is -0.385 e. The molecule has 3 unspecified atom stereocenters. The minimum absolute atomic E-state index is 0.291. The molecule has 1 fully saturated rings. The van der Waals surface area contributed by atoms with Gasteiger partial charge in [0.15, 0.2) is 0 Å². The Morgan fingerprint density at radius 1 is 1.27 bits per heavy atom. The lowest BCUT2D eigenvalue weighted by Crippen LogP contribution is -2.39. The molecule has 0 bridgehead atoms. The quantitative estimate of drug-likeness (QED) is 0.765. The maximum atomic E-state index is 10.7. The Bertz CT molecular complexity index is 328. The molecule has 1 aromatic heterocycles. The average molecular weight is 206 g/mol. The first kappa shape index (κ1) is 10.6. The number of hydrogen-bond donors (Lipinski definition) is 1. The third kappa shape index (κ3) is 1.88. The SMILES string of the molecule is CC1CCC(C)C(O)(c2cncnc2)C1. The Morgan fingerprint density at radius 3 is 2.60 bits per heavy atom. The van der Waals surface area contributed by atoms with E-state index in [0.717, 1.165) is 18.4 Å². The summed E-state index contributed by atoms with van der Waals surface area (Å²) in [6, 6.07) is 0. The number of aromatic nitrogens is 2. The molecule has 1 aromatic rings. The van der Waals surface area contributed by atoms with E-state index in [1.54, 1.807) is 12.4 Å². The van der Waals surface area contributed by atoms with Crippen LogP contribution in [0, 0.1) is 11.8 Å². The smallest absolute Gasteiger partial charge is 0.115 e. The van der Waals surface area contributed by atoms with Crippen molar-refractivity contribution in [2.24, 2.45) is 11.8 Å². The molecule has 0 aromatic carbocycles. The highest BCUT2D eigenvalue weighted by Gasteiger charge is 2.40. The Labute approximate surface area is 90.6 Å². The van der Waals surface area contributed by atoms with E-state index in [4.69, 9.17) is 0 Å². The lowest BCUT2D eigenvalue weighted by molar-refractivity contribution is -0.0632. The number of hydrogen-bond acceptors (Lipinski definition) is 3. The summed E-state index contributed by atoms with van der Waals surface area (Å²) in [5.41, 5.74) is 0.142. The van der Waals surface area contributed by atoms with Crippen molar-refractivity contribution in [3.63, 3.8) is 0 Å². The second kappa shape index (κ2) is 3.89. The summed E-state index contributed by atoms with van der Waals surface area (Å²) in [6.45, 7) is 4.31. The van der Waals surface area contributed by atoms with Crippen LogP contribution in [0.1, 0.15) is 38.7 Å². The number of nitrogens with zero attached hydrogens (tertiary/aromatic N) is 2. The van der Waals surface area contributed by atoms with Gasteiger partial charge < -0.3 is 5.11 Å². The van der Waals surface area contributed by atoms with Gasteiger partial charge in [-0.3, -0.25) is 0 Å². The molecule has 3 heteroatoms. The monoisotopic (exact) mass is 206 g/mol. The Morgan fingerprint density at radius 2 is 1.93 bits per heavy atom. The molecule has 1 aliphatic rings. The summed E-state index contributed by atoms with van der Waals surface area (Å²) in [6.07, 6.45) is 8.08. The maximum absolute atomic E-state index is 10.7. The average Bonchev–Trinajstić information content (AvgIpc) is 2.25. The molecule has 0 radical (unpaired) electrons. The largest absolute Gasteiger partial charge is 0.385 e. The van der Waals surface area contributed by atoms with Gasteiger partial charge in [0.25, 0.3) is 0 Å². The molecule has 0 spiro atoms. The van der Waals surface area contributed by atoms with Crippen molar-refractivity contribution in [1.82, 2.24) is 9.97 Å². The normalized spacial score (nSPS) is 36.5. The first-order valence-electron chi connectivity index (χ1n) is 5.61. The molecule has 1 heterocycles. The van der Waals surface area contributed by atoms with E-state index in [1.807, 2.05) is 0 Å². The van der Waals surface area contributed by atoms with E-state index < -0.39 is 5.60 Å². The molecular weight excluding hydrogens is 188 g/mol. The predicted octanol–water partition coefficient (Wildman–Crippen LogP) is 2.12. The van der Waals surface area contributed by atoms with Crippen molar-refractivity contribution < 1.29 is 5.11 Å². The van der Waals surface area contributed by atoms with Crippen LogP contribution in [-0.2, 0) is 5.60 Å². The molecule has 82 valence electrons. The summed E-state index contributed by atoms with van der Waals surface area (Å²) in [5, 5.41) is 10.7. The van der Waals surface area contributed by atoms with Crippen molar-refractivity contribution in [2.45, 2.75) is 38.7 Å². The molecule has 0 saturated heterocycles. The number of aliphatic hydroxyl groups is 1. The van der Waals surface area contributed by atoms with Gasteiger partial charge in [-0.2, -0.15) is 0 Å². The zero-order valence-corrected chi connectivity index (χ0v) is 9.35. The lowest BCUT2D eigenvalue weighted by atomic mass is 9.69. The van der Waals surface area contributed by atoms with E-state index in [-0.39, 0.29) is 0 Å². The van der Waals surface area contributed by atoms with E-state index >= 15 is 0 Å². The zero-order chi connectivity index (χ0) is 10.9. The Kier molecular flexibility index (Phi) is 2.74. The summed E-state index contributed by atoms with van der Waals surface area (Å²) < 4.78 is 0. The molecular formula is C12H18N2O. The van der Waals surface area contributed by atoms with E-state index in [9.17, 15) is 5.11 Å². The molecule has 2 rings (SSSR count). The number of rotatable bonds is 1. The van der Waals surface area contributed by atoms with E-state index in [0.29, 0.717) is 11.8 Å². The standard InChI is InChI=1S/C12H18N2O/c1-9-3-4-10(2)12(15,5-9)11-6-13-8-14-7-11/h6-10,15H,3-5H2,1-2H3. The highest BCUT2D eigenvalue weighted by Crippen LogP contribution is 2.43. The summed E-state index contributed by atoms with van der Waals surface area (Å²) >= 11 is 0.